The third-order valence-electron chi connectivity index (χ3n) is 4.37. The maximum absolute atomic E-state index is 12.2. The van der Waals surface area contributed by atoms with E-state index in [0.717, 1.165) is 16.7 Å². The average molecular weight is 346 g/mol. The fourth-order valence-corrected chi connectivity index (χ4v) is 2.79. The number of aryl methyl sites for hydroxylation is 1. The Bertz CT molecular complexity index is 949. The predicted molar refractivity (Wildman–Crippen MR) is 98.0 cm³/mol. The molecule has 2 heterocycles. The molecule has 2 aromatic heterocycles. The van der Waals surface area contributed by atoms with Crippen LogP contribution >= 0.6 is 0 Å². The molecule has 4 rings (SSSR count). The number of carbonyl (C=O) groups excluding carboxylic acids is 1. The van der Waals surface area contributed by atoms with Gasteiger partial charge < -0.3 is 10.4 Å². The maximum Gasteiger partial charge on any atom is 0.259 e. The lowest BCUT2D eigenvalue weighted by molar-refractivity contribution is 0.102. The van der Waals surface area contributed by atoms with Crippen molar-refractivity contribution in [2.75, 3.05) is 5.32 Å². The van der Waals surface area contributed by atoms with Gasteiger partial charge in [0.2, 0.25) is 0 Å². The Hall–Kier alpha value is -3.28. The molecule has 0 radical (unpaired) electrons. The van der Waals surface area contributed by atoms with Crippen molar-refractivity contribution in [3.05, 3.63) is 65.9 Å². The van der Waals surface area contributed by atoms with Gasteiger partial charge in [0.1, 0.15) is 17.4 Å². The molecule has 1 amide bonds. The zero-order chi connectivity index (χ0) is 18.1. The minimum Gasteiger partial charge on any atom is -0.508 e. The predicted octanol–water partition coefficient (Wildman–Crippen LogP) is 3.68. The van der Waals surface area contributed by atoms with Crippen molar-refractivity contribution in [3.8, 4) is 16.9 Å². The van der Waals surface area contributed by atoms with Crippen molar-refractivity contribution in [2.24, 2.45) is 0 Å². The molecule has 6 heteroatoms. The molecule has 6 nitrogen and oxygen atoms in total. The number of pyridine rings is 1. The Morgan fingerprint density at radius 3 is 2.46 bits per heavy atom. The van der Waals surface area contributed by atoms with Gasteiger partial charge in [-0.15, -0.1) is 0 Å². The summed E-state index contributed by atoms with van der Waals surface area (Å²) in [4.78, 5) is 24.5. The minimum absolute atomic E-state index is 0.265. The minimum atomic E-state index is -0.307. The first kappa shape index (κ1) is 16.2. The normalized spacial score (nSPS) is 13.4. The van der Waals surface area contributed by atoms with Crippen LogP contribution in [0.1, 0.15) is 40.5 Å². The van der Waals surface area contributed by atoms with Crippen molar-refractivity contribution in [3.63, 3.8) is 0 Å². The van der Waals surface area contributed by atoms with E-state index < -0.39 is 0 Å². The van der Waals surface area contributed by atoms with Crippen LogP contribution in [0.25, 0.3) is 11.1 Å². The standard InChI is InChI=1S/C20H18N4O2/c1-12-21-10-17(11-22-12)20(26)24-19-5-4-14(9-23-19)16-6-15(13-2-3-13)7-18(25)8-16/h4-11,13,25H,2-3H2,1H3,(H,23,24,26). The number of benzene rings is 1. The van der Waals surface area contributed by atoms with Crippen molar-refractivity contribution in [2.45, 2.75) is 25.7 Å². The highest BCUT2D eigenvalue weighted by atomic mass is 16.3. The molecule has 0 spiro atoms. The van der Waals surface area contributed by atoms with E-state index in [1.807, 2.05) is 12.1 Å². The lowest BCUT2D eigenvalue weighted by Gasteiger charge is -2.08. The van der Waals surface area contributed by atoms with Crippen LogP contribution in [0.3, 0.4) is 0 Å². The van der Waals surface area contributed by atoms with E-state index in [9.17, 15) is 9.90 Å². The monoisotopic (exact) mass is 346 g/mol. The van der Waals surface area contributed by atoms with Gasteiger partial charge in [0.25, 0.3) is 5.91 Å². The summed E-state index contributed by atoms with van der Waals surface area (Å²) < 4.78 is 0. The number of hydrogen-bond acceptors (Lipinski definition) is 5. The molecule has 1 aliphatic carbocycles. The van der Waals surface area contributed by atoms with E-state index >= 15 is 0 Å². The second-order valence-electron chi connectivity index (χ2n) is 6.49. The Balaban J connectivity index is 1.51. The molecule has 1 saturated carbocycles. The zero-order valence-electron chi connectivity index (χ0n) is 14.3. The molecular weight excluding hydrogens is 328 g/mol. The van der Waals surface area contributed by atoms with Crippen LogP contribution in [0.4, 0.5) is 5.82 Å². The first-order chi connectivity index (χ1) is 12.6. The van der Waals surface area contributed by atoms with Crippen molar-refractivity contribution in [1.82, 2.24) is 15.0 Å². The molecule has 0 aliphatic heterocycles. The largest absolute Gasteiger partial charge is 0.508 e. The van der Waals surface area contributed by atoms with Gasteiger partial charge in [-0.25, -0.2) is 15.0 Å². The number of amides is 1. The number of phenols is 1. The molecule has 0 bridgehead atoms. The zero-order valence-corrected chi connectivity index (χ0v) is 14.3. The molecule has 2 N–H and O–H groups in total. The lowest BCUT2D eigenvalue weighted by atomic mass is 10.0. The van der Waals surface area contributed by atoms with Crippen LogP contribution in [0, 0.1) is 6.92 Å². The fourth-order valence-electron chi connectivity index (χ4n) is 2.79. The molecule has 1 aliphatic rings. The number of nitrogens with one attached hydrogen (secondary N) is 1. The second-order valence-corrected chi connectivity index (χ2v) is 6.49. The van der Waals surface area contributed by atoms with Crippen molar-refractivity contribution >= 4 is 11.7 Å². The first-order valence-corrected chi connectivity index (χ1v) is 8.49. The van der Waals surface area contributed by atoms with Crippen LogP contribution in [0.2, 0.25) is 0 Å². The summed E-state index contributed by atoms with van der Waals surface area (Å²) >= 11 is 0. The topological polar surface area (TPSA) is 88.0 Å². The van der Waals surface area contributed by atoms with Gasteiger partial charge in [-0.05, 0) is 61.1 Å². The Kier molecular flexibility index (Phi) is 4.08. The van der Waals surface area contributed by atoms with E-state index in [1.54, 1.807) is 25.3 Å². The summed E-state index contributed by atoms with van der Waals surface area (Å²) in [5.74, 6) is 1.58. The Labute approximate surface area is 151 Å². The van der Waals surface area contributed by atoms with E-state index in [4.69, 9.17) is 0 Å². The smallest absolute Gasteiger partial charge is 0.259 e. The fraction of sp³-hybridized carbons (Fsp3) is 0.200. The summed E-state index contributed by atoms with van der Waals surface area (Å²) in [5.41, 5.74) is 3.35. The van der Waals surface area contributed by atoms with Gasteiger partial charge >= 0.3 is 0 Å². The number of hydrogen-bond donors (Lipinski definition) is 2. The van der Waals surface area contributed by atoms with Crippen LogP contribution in [-0.2, 0) is 0 Å². The van der Waals surface area contributed by atoms with Crippen LogP contribution in [0.5, 0.6) is 5.75 Å². The summed E-state index contributed by atoms with van der Waals surface area (Å²) in [6.07, 6.45) is 7.01. The van der Waals surface area contributed by atoms with Crippen LogP contribution < -0.4 is 5.32 Å². The molecule has 1 aromatic carbocycles. The van der Waals surface area contributed by atoms with Crippen LogP contribution in [0.15, 0.2) is 48.9 Å². The summed E-state index contributed by atoms with van der Waals surface area (Å²) in [6, 6.07) is 9.26. The average Bonchev–Trinajstić information content (AvgIpc) is 3.47. The van der Waals surface area contributed by atoms with E-state index in [1.165, 1.54) is 25.2 Å². The Morgan fingerprint density at radius 2 is 1.81 bits per heavy atom. The number of anilines is 1. The van der Waals surface area contributed by atoms with E-state index in [-0.39, 0.29) is 11.7 Å². The van der Waals surface area contributed by atoms with Crippen LogP contribution in [-0.4, -0.2) is 26.0 Å². The first-order valence-electron chi connectivity index (χ1n) is 8.49. The highest BCUT2D eigenvalue weighted by Crippen LogP contribution is 2.42. The highest BCUT2D eigenvalue weighted by molar-refractivity contribution is 6.03. The number of aromatic hydroxyl groups is 1. The van der Waals surface area contributed by atoms with E-state index in [0.29, 0.717) is 23.1 Å². The maximum atomic E-state index is 12.2. The summed E-state index contributed by atoms with van der Waals surface area (Å²) in [5, 5.41) is 12.7. The van der Waals surface area contributed by atoms with Crippen molar-refractivity contribution < 1.29 is 9.90 Å². The van der Waals surface area contributed by atoms with Gasteiger partial charge in [0.05, 0.1) is 5.56 Å². The quantitative estimate of drug-likeness (QED) is 0.752. The molecule has 3 aromatic rings. The number of nitrogens with zero attached hydrogens (tertiary/aromatic N) is 3. The Morgan fingerprint density at radius 1 is 1.04 bits per heavy atom. The van der Waals surface area contributed by atoms with Gasteiger partial charge in [0.15, 0.2) is 0 Å². The lowest BCUT2D eigenvalue weighted by Crippen LogP contribution is -2.13. The third kappa shape index (κ3) is 3.54. The van der Waals surface area contributed by atoms with Gasteiger partial charge in [-0.3, -0.25) is 4.79 Å². The number of rotatable bonds is 4. The third-order valence-corrected chi connectivity index (χ3v) is 4.37. The summed E-state index contributed by atoms with van der Waals surface area (Å²) in [6.45, 7) is 1.76. The van der Waals surface area contributed by atoms with E-state index in [2.05, 4.69) is 26.3 Å². The van der Waals surface area contributed by atoms with Gasteiger partial charge in [-0.1, -0.05) is 6.07 Å². The molecule has 130 valence electrons. The SMILES string of the molecule is Cc1ncc(C(=O)Nc2ccc(-c3cc(O)cc(C4CC4)c3)cn2)cn1. The molecule has 0 unspecified atom stereocenters. The molecule has 26 heavy (non-hydrogen) atoms. The molecular formula is C20H18N4O2. The number of aromatic nitrogens is 3. The second kappa shape index (κ2) is 6.55. The van der Waals surface area contributed by atoms with Gasteiger partial charge in [0, 0.05) is 24.2 Å². The van der Waals surface area contributed by atoms with Crippen molar-refractivity contribution in [1.29, 1.82) is 0 Å². The number of carbonyl (C=O) groups is 1. The highest BCUT2D eigenvalue weighted by Gasteiger charge is 2.24. The molecule has 1 fully saturated rings. The molecule has 0 atom stereocenters. The van der Waals surface area contributed by atoms with Gasteiger partial charge in [-0.2, -0.15) is 0 Å². The molecule has 0 saturated heterocycles. The summed E-state index contributed by atoms with van der Waals surface area (Å²) in [7, 11) is 0. The number of phenolic OH excluding ortho intramolecular Hbond substituents is 1.